The Hall–Kier alpha value is -1.67. The van der Waals surface area contributed by atoms with Crippen LogP contribution in [-0.4, -0.2) is 66.3 Å². The lowest BCUT2D eigenvalue weighted by atomic mass is 9.99. The number of hydrogen-bond donors (Lipinski definition) is 3. The maximum atomic E-state index is 12.1. The molecule has 1 aliphatic rings. The van der Waals surface area contributed by atoms with E-state index in [0.29, 0.717) is 26.0 Å². The van der Waals surface area contributed by atoms with Gasteiger partial charge in [-0.05, 0) is 19.8 Å². The van der Waals surface area contributed by atoms with Gasteiger partial charge in [0.05, 0.1) is 13.2 Å². The molecule has 0 spiro atoms. The summed E-state index contributed by atoms with van der Waals surface area (Å²) in [5.41, 5.74) is -0.921. The van der Waals surface area contributed by atoms with Crippen molar-refractivity contribution in [1.82, 2.24) is 15.5 Å². The molecule has 0 radical (unpaired) electrons. The van der Waals surface area contributed by atoms with Crippen LogP contribution in [0.5, 0.6) is 0 Å². The molecular formula is C13H23N3O5. The molecule has 1 rings (SSSR count). The third-order valence-corrected chi connectivity index (χ3v) is 3.38. The zero-order valence-corrected chi connectivity index (χ0v) is 12.5. The molecule has 0 aliphatic carbocycles. The predicted octanol–water partition coefficient (Wildman–Crippen LogP) is -0.778. The van der Waals surface area contributed by atoms with Crippen LogP contribution >= 0.6 is 0 Å². The highest BCUT2D eigenvalue weighted by molar-refractivity contribution is 6.08. The highest BCUT2D eigenvalue weighted by atomic mass is 16.5. The van der Waals surface area contributed by atoms with Crippen molar-refractivity contribution in [2.75, 3.05) is 32.9 Å². The predicted molar refractivity (Wildman–Crippen MR) is 74.5 cm³/mol. The summed E-state index contributed by atoms with van der Waals surface area (Å²) in [6, 6.07) is -0.536. The number of amides is 4. The van der Waals surface area contributed by atoms with E-state index >= 15 is 0 Å². The van der Waals surface area contributed by atoms with Crippen molar-refractivity contribution in [3.8, 4) is 0 Å². The Morgan fingerprint density at radius 1 is 1.43 bits per heavy atom. The second-order valence-electron chi connectivity index (χ2n) is 5.05. The maximum Gasteiger partial charge on any atom is 0.325 e. The number of nitrogens with one attached hydrogen (secondary N) is 2. The number of carbonyl (C=O) groups excluding carboxylic acids is 3. The van der Waals surface area contributed by atoms with Crippen LogP contribution in [0.25, 0.3) is 0 Å². The lowest BCUT2D eigenvalue weighted by Crippen LogP contribution is -2.44. The van der Waals surface area contributed by atoms with Crippen molar-refractivity contribution in [2.24, 2.45) is 0 Å². The Labute approximate surface area is 123 Å². The molecule has 0 saturated carbocycles. The van der Waals surface area contributed by atoms with Gasteiger partial charge in [0.2, 0.25) is 5.91 Å². The third kappa shape index (κ3) is 4.68. The first kappa shape index (κ1) is 17.4. The fraction of sp³-hybridized carbons (Fsp3) is 0.769. The molecule has 0 aromatic rings. The van der Waals surface area contributed by atoms with Crippen molar-refractivity contribution >= 4 is 17.8 Å². The summed E-state index contributed by atoms with van der Waals surface area (Å²) < 4.78 is 5.04. The minimum atomic E-state index is -0.921. The van der Waals surface area contributed by atoms with Gasteiger partial charge in [0.25, 0.3) is 5.91 Å². The van der Waals surface area contributed by atoms with Crippen LogP contribution < -0.4 is 10.6 Å². The Morgan fingerprint density at radius 3 is 2.71 bits per heavy atom. The van der Waals surface area contributed by atoms with Crippen LogP contribution in [0, 0.1) is 0 Å². The standard InChI is InChI=1S/C13H23N3O5/c1-3-13(2)11(19)16(12(20)15-13)9-10(18)14-5-4-7-21-8-6-17/h17H,3-9H2,1-2H3,(H,14,18)(H,15,20). The largest absolute Gasteiger partial charge is 0.394 e. The summed E-state index contributed by atoms with van der Waals surface area (Å²) in [6.07, 6.45) is 1.07. The molecule has 4 amide bonds. The van der Waals surface area contributed by atoms with E-state index in [1.807, 2.05) is 0 Å². The minimum Gasteiger partial charge on any atom is -0.394 e. The normalized spacial score (nSPS) is 21.6. The van der Waals surface area contributed by atoms with Crippen molar-refractivity contribution < 1.29 is 24.2 Å². The summed E-state index contributed by atoms with van der Waals surface area (Å²) in [7, 11) is 0. The first-order valence-electron chi connectivity index (χ1n) is 7.04. The second-order valence-corrected chi connectivity index (χ2v) is 5.05. The summed E-state index contributed by atoms with van der Waals surface area (Å²) in [6.45, 7) is 4.22. The molecule has 8 heteroatoms. The lowest BCUT2D eigenvalue weighted by Gasteiger charge is -2.19. The number of aliphatic hydroxyl groups is 1. The number of imide groups is 1. The number of nitrogens with zero attached hydrogens (tertiary/aromatic N) is 1. The van der Waals surface area contributed by atoms with E-state index in [1.165, 1.54) is 0 Å². The molecule has 0 aromatic carbocycles. The highest BCUT2D eigenvalue weighted by Gasteiger charge is 2.46. The number of urea groups is 1. The van der Waals surface area contributed by atoms with E-state index < -0.39 is 11.6 Å². The summed E-state index contributed by atoms with van der Waals surface area (Å²) >= 11 is 0. The minimum absolute atomic E-state index is 0.0330. The number of rotatable bonds is 9. The summed E-state index contributed by atoms with van der Waals surface area (Å²) in [5.74, 6) is -0.766. The molecule has 0 bridgehead atoms. The van der Waals surface area contributed by atoms with Crippen LogP contribution in [-0.2, 0) is 14.3 Å². The SMILES string of the molecule is CCC1(C)NC(=O)N(CC(=O)NCCCOCCO)C1=O. The average Bonchev–Trinajstić information content (AvgIpc) is 2.67. The molecule has 1 heterocycles. The lowest BCUT2D eigenvalue weighted by molar-refractivity contribution is -0.134. The van der Waals surface area contributed by atoms with Gasteiger partial charge in [-0.1, -0.05) is 6.92 Å². The molecule has 8 nitrogen and oxygen atoms in total. The van der Waals surface area contributed by atoms with Crippen LogP contribution in [0.4, 0.5) is 4.79 Å². The molecule has 1 saturated heterocycles. The fourth-order valence-electron chi connectivity index (χ4n) is 1.90. The van der Waals surface area contributed by atoms with Crippen molar-refractivity contribution in [1.29, 1.82) is 0 Å². The monoisotopic (exact) mass is 301 g/mol. The zero-order valence-electron chi connectivity index (χ0n) is 12.5. The van der Waals surface area contributed by atoms with Gasteiger partial charge in [0.1, 0.15) is 12.1 Å². The topological polar surface area (TPSA) is 108 Å². The second kappa shape index (κ2) is 7.94. The van der Waals surface area contributed by atoms with E-state index in [0.717, 1.165) is 4.90 Å². The molecule has 1 aliphatic heterocycles. The number of aliphatic hydroxyl groups excluding tert-OH is 1. The first-order chi connectivity index (χ1) is 9.94. The molecule has 3 N–H and O–H groups in total. The molecule has 1 fully saturated rings. The first-order valence-corrected chi connectivity index (χ1v) is 7.04. The van der Waals surface area contributed by atoms with Gasteiger partial charge in [-0.25, -0.2) is 4.79 Å². The zero-order chi connectivity index (χ0) is 15.9. The Kier molecular flexibility index (Phi) is 6.57. The van der Waals surface area contributed by atoms with E-state index in [1.54, 1.807) is 13.8 Å². The summed E-state index contributed by atoms with van der Waals surface area (Å²) in [4.78, 5) is 36.4. The third-order valence-electron chi connectivity index (χ3n) is 3.38. The van der Waals surface area contributed by atoms with E-state index in [9.17, 15) is 14.4 Å². The maximum absolute atomic E-state index is 12.1. The van der Waals surface area contributed by atoms with Crippen LogP contribution in [0.15, 0.2) is 0 Å². The molecule has 1 atom stereocenters. The number of hydrogen-bond acceptors (Lipinski definition) is 5. The molecule has 120 valence electrons. The van der Waals surface area contributed by atoms with Gasteiger partial charge in [-0.2, -0.15) is 0 Å². The highest BCUT2D eigenvalue weighted by Crippen LogP contribution is 2.20. The average molecular weight is 301 g/mol. The van der Waals surface area contributed by atoms with Gasteiger partial charge < -0.3 is 20.5 Å². The smallest absolute Gasteiger partial charge is 0.325 e. The van der Waals surface area contributed by atoms with Crippen molar-refractivity contribution in [3.63, 3.8) is 0 Å². The van der Waals surface area contributed by atoms with Crippen molar-refractivity contribution in [2.45, 2.75) is 32.2 Å². The Balaban J connectivity index is 2.31. The summed E-state index contributed by atoms with van der Waals surface area (Å²) in [5, 5.41) is 13.7. The quantitative estimate of drug-likeness (QED) is 0.382. The van der Waals surface area contributed by atoms with Gasteiger partial charge in [0.15, 0.2) is 0 Å². The van der Waals surface area contributed by atoms with Gasteiger partial charge >= 0.3 is 6.03 Å². The van der Waals surface area contributed by atoms with Gasteiger partial charge in [0, 0.05) is 13.2 Å². The van der Waals surface area contributed by atoms with Crippen LogP contribution in [0.1, 0.15) is 26.7 Å². The Bertz CT molecular complexity index is 401. The number of carbonyl (C=O) groups is 3. The van der Waals surface area contributed by atoms with E-state index in [4.69, 9.17) is 9.84 Å². The van der Waals surface area contributed by atoms with Crippen LogP contribution in [0.2, 0.25) is 0 Å². The van der Waals surface area contributed by atoms with Crippen molar-refractivity contribution in [3.05, 3.63) is 0 Å². The Morgan fingerprint density at radius 2 is 2.14 bits per heavy atom. The van der Waals surface area contributed by atoms with Gasteiger partial charge in [-0.3, -0.25) is 14.5 Å². The van der Waals surface area contributed by atoms with E-state index in [-0.39, 0.29) is 31.6 Å². The van der Waals surface area contributed by atoms with Crippen LogP contribution in [0.3, 0.4) is 0 Å². The fourth-order valence-corrected chi connectivity index (χ4v) is 1.90. The molecular weight excluding hydrogens is 278 g/mol. The molecule has 1 unspecified atom stereocenters. The molecule has 0 aromatic heterocycles. The molecule has 21 heavy (non-hydrogen) atoms. The van der Waals surface area contributed by atoms with E-state index in [2.05, 4.69) is 10.6 Å². The van der Waals surface area contributed by atoms with Gasteiger partial charge in [-0.15, -0.1) is 0 Å². The number of ether oxygens (including phenoxy) is 1.